The Labute approximate surface area is 188 Å². The van der Waals surface area contributed by atoms with Crippen molar-refractivity contribution >= 4 is 11.7 Å². The lowest BCUT2D eigenvalue weighted by atomic mass is 9.91. The van der Waals surface area contributed by atoms with Gasteiger partial charge in [-0.05, 0) is 66.2 Å². The molecule has 3 aromatic heterocycles. The van der Waals surface area contributed by atoms with Gasteiger partial charge in [-0.3, -0.25) is 4.68 Å². The van der Waals surface area contributed by atoms with Gasteiger partial charge in [0, 0.05) is 47.9 Å². The van der Waals surface area contributed by atoms with Crippen LogP contribution < -0.4 is 0 Å². The summed E-state index contributed by atoms with van der Waals surface area (Å²) in [5.74, 6) is 0.339. The maximum Gasteiger partial charge on any atom is 0.410 e. The van der Waals surface area contributed by atoms with Crippen LogP contribution in [0.3, 0.4) is 0 Å². The third kappa shape index (κ3) is 3.87. The van der Waals surface area contributed by atoms with Crippen LogP contribution in [0, 0.1) is 13.8 Å². The fourth-order valence-electron chi connectivity index (χ4n) is 4.76. The number of nitrogens with zero attached hydrogens (tertiary/aromatic N) is 6. The van der Waals surface area contributed by atoms with Crippen LogP contribution >= 0.6 is 0 Å². The summed E-state index contributed by atoms with van der Waals surface area (Å²) >= 11 is 0. The van der Waals surface area contributed by atoms with E-state index >= 15 is 0 Å². The van der Waals surface area contributed by atoms with Gasteiger partial charge in [-0.25, -0.2) is 14.3 Å². The summed E-state index contributed by atoms with van der Waals surface area (Å²) in [4.78, 5) is 19.0. The normalized spacial score (nSPS) is 17.8. The van der Waals surface area contributed by atoms with Gasteiger partial charge in [0.1, 0.15) is 5.60 Å². The summed E-state index contributed by atoms with van der Waals surface area (Å²) in [6.45, 7) is 11.3. The SMILES string of the molecule is Cc1nn(C2CC2)c(C)c1-c1cnc2c(C3CCN(C(=O)OC(C)(C)C)CC3)cnn2c1. The van der Waals surface area contributed by atoms with Gasteiger partial charge >= 0.3 is 6.09 Å². The summed E-state index contributed by atoms with van der Waals surface area (Å²) in [5, 5.41) is 9.39. The first-order valence-electron chi connectivity index (χ1n) is 11.6. The van der Waals surface area contributed by atoms with E-state index in [0.717, 1.165) is 40.9 Å². The monoisotopic (exact) mass is 436 g/mol. The molecule has 4 heterocycles. The first kappa shape index (κ1) is 21.0. The smallest absolute Gasteiger partial charge is 0.410 e. The van der Waals surface area contributed by atoms with Gasteiger partial charge in [0.25, 0.3) is 0 Å². The van der Waals surface area contributed by atoms with Gasteiger partial charge < -0.3 is 9.64 Å². The predicted octanol–water partition coefficient (Wildman–Crippen LogP) is 4.66. The molecule has 2 fully saturated rings. The maximum atomic E-state index is 12.4. The number of carbonyl (C=O) groups is 1. The van der Waals surface area contributed by atoms with Gasteiger partial charge in [-0.2, -0.15) is 10.2 Å². The molecule has 0 bridgehead atoms. The number of aryl methyl sites for hydroxylation is 1. The van der Waals surface area contributed by atoms with Gasteiger partial charge in [-0.15, -0.1) is 0 Å². The molecule has 0 radical (unpaired) electrons. The highest BCUT2D eigenvalue weighted by Crippen LogP contribution is 2.39. The van der Waals surface area contributed by atoms with E-state index in [-0.39, 0.29) is 6.09 Å². The summed E-state index contributed by atoms with van der Waals surface area (Å²) in [6, 6.07) is 0.557. The zero-order valence-corrected chi connectivity index (χ0v) is 19.6. The summed E-state index contributed by atoms with van der Waals surface area (Å²) in [6.07, 6.45) is 9.93. The highest BCUT2D eigenvalue weighted by molar-refractivity contribution is 5.69. The average molecular weight is 437 g/mol. The fraction of sp³-hybridized carbons (Fsp3) is 0.583. The molecule has 170 valence electrons. The number of rotatable bonds is 3. The third-order valence-electron chi connectivity index (χ3n) is 6.48. The third-order valence-corrected chi connectivity index (χ3v) is 6.48. The van der Waals surface area contributed by atoms with Crippen LogP contribution in [-0.4, -0.2) is 54.1 Å². The van der Waals surface area contributed by atoms with E-state index in [1.165, 1.54) is 18.5 Å². The first-order chi connectivity index (χ1) is 15.2. The lowest BCUT2D eigenvalue weighted by Crippen LogP contribution is -2.41. The second-order valence-corrected chi connectivity index (χ2v) is 10.2. The number of aromatic nitrogens is 5. The van der Waals surface area contributed by atoms with Crippen LogP contribution in [0.5, 0.6) is 0 Å². The Morgan fingerprint density at radius 3 is 2.47 bits per heavy atom. The molecule has 1 saturated heterocycles. The van der Waals surface area contributed by atoms with E-state index in [2.05, 4.69) is 29.8 Å². The Bertz CT molecular complexity index is 1160. The van der Waals surface area contributed by atoms with Crippen molar-refractivity contribution in [1.29, 1.82) is 0 Å². The van der Waals surface area contributed by atoms with E-state index < -0.39 is 5.60 Å². The molecule has 1 amide bonds. The van der Waals surface area contributed by atoms with Gasteiger partial charge in [-0.1, -0.05) is 0 Å². The van der Waals surface area contributed by atoms with Crippen LogP contribution in [0.25, 0.3) is 16.8 Å². The number of hydrogen-bond donors (Lipinski definition) is 0. The quantitative estimate of drug-likeness (QED) is 0.597. The molecule has 0 unspecified atom stereocenters. The molecular weight excluding hydrogens is 404 g/mol. The van der Waals surface area contributed by atoms with Crippen LogP contribution in [0.2, 0.25) is 0 Å². The molecule has 1 aliphatic heterocycles. The van der Waals surface area contributed by atoms with Crippen molar-refractivity contribution in [3.63, 3.8) is 0 Å². The van der Waals surface area contributed by atoms with Crippen LogP contribution in [-0.2, 0) is 4.74 Å². The molecule has 0 aromatic carbocycles. The van der Waals surface area contributed by atoms with Crippen LogP contribution in [0.4, 0.5) is 4.79 Å². The number of fused-ring (bicyclic) bond motifs is 1. The van der Waals surface area contributed by atoms with E-state index in [9.17, 15) is 4.79 Å². The van der Waals surface area contributed by atoms with Crippen molar-refractivity contribution in [2.45, 2.75) is 77.9 Å². The minimum atomic E-state index is -0.468. The van der Waals surface area contributed by atoms with Crippen LogP contribution in [0.15, 0.2) is 18.6 Å². The highest BCUT2D eigenvalue weighted by atomic mass is 16.6. The number of carbonyl (C=O) groups excluding carboxylic acids is 1. The molecule has 1 aliphatic carbocycles. The Morgan fingerprint density at radius 2 is 1.81 bits per heavy atom. The fourth-order valence-corrected chi connectivity index (χ4v) is 4.76. The van der Waals surface area contributed by atoms with Crippen molar-refractivity contribution in [2.24, 2.45) is 0 Å². The summed E-state index contributed by atoms with van der Waals surface area (Å²) in [7, 11) is 0. The maximum absolute atomic E-state index is 12.4. The molecule has 32 heavy (non-hydrogen) atoms. The lowest BCUT2D eigenvalue weighted by Gasteiger charge is -2.33. The first-order valence-corrected chi connectivity index (χ1v) is 11.6. The second-order valence-electron chi connectivity index (χ2n) is 10.2. The summed E-state index contributed by atoms with van der Waals surface area (Å²) < 4.78 is 9.58. The van der Waals surface area contributed by atoms with Crippen molar-refractivity contribution in [3.05, 3.63) is 35.5 Å². The molecule has 0 N–H and O–H groups in total. The van der Waals surface area contributed by atoms with Gasteiger partial charge in [0.15, 0.2) is 5.65 Å². The van der Waals surface area contributed by atoms with Gasteiger partial charge in [0.2, 0.25) is 0 Å². The van der Waals surface area contributed by atoms with Crippen molar-refractivity contribution < 1.29 is 9.53 Å². The van der Waals surface area contributed by atoms with Crippen LogP contribution in [0.1, 0.15) is 75.4 Å². The molecule has 3 aromatic rings. The van der Waals surface area contributed by atoms with E-state index in [1.807, 2.05) is 42.6 Å². The Balaban J connectivity index is 1.34. The van der Waals surface area contributed by atoms with Gasteiger partial charge in [0.05, 0.1) is 17.9 Å². The van der Waals surface area contributed by atoms with Crippen molar-refractivity contribution in [3.8, 4) is 11.1 Å². The second kappa shape index (κ2) is 7.60. The zero-order chi connectivity index (χ0) is 22.6. The van der Waals surface area contributed by atoms with E-state index in [0.29, 0.717) is 25.0 Å². The predicted molar refractivity (Wildman–Crippen MR) is 122 cm³/mol. The number of ether oxygens (including phenoxy) is 1. The number of likely N-dealkylation sites (tertiary alicyclic amines) is 1. The standard InChI is InChI=1S/C24H32N6O2/c1-15-21(16(2)30(27-15)19-6-7-19)18-12-25-22-20(13-26-29(22)14-18)17-8-10-28(11-9-17)23(31)32-24(3,4)5/h12-14,17,19H,6-11H2,1-5H3. The molecule has 5 rings (SSSR count). The van der Waals surface area contributed by atoms with E-state index in [4.69, 9.17) is 14.8 Å². The molecule has 2 aliphatic rings. The Kier molecular flexibility index (Phi) is 4.98. The molecule has 1 saturated carbocycles. The van der Waals surface area contributed by atoms with Crippen molar-refractivity contribution in [2.75, 3.05) is 13.1 Å². The summed E-state index contributed by atoms with van der Waals surface area (Å²) in [5.41, 5.74) is 6.04. The molecular formula is C24H32N6O2. The minimum Gasteiger partial charge on any atom is -0.444 e. The lowest BCUT2D eigenvalue weighted by molar-refractivity contribution is 0.0205. The Morgan fingerprint density at radius 1 is 1.09 bits per heavy atom. The Hall–Kier alpha value is -2.90. The number of piperidine rings is 1. The molecule has 0 spiro atoms. The zero-order valence-electron chi connectivity index (χ0n) is 19.6. The molecule has 8 heteroatoms. The molecule has 0 atom stereocenters. The topological polar surface area (TPSA) is 77.5 Å². The number of amides is 1. The van der Waals surface area contributed by atoms with E-state index in [1.54, 1.807) is 0 Å². The molecule has 8 nitrogen and oxygen atoms in total. The largest absolute Gasteiger partial charge is 0.444 e. The van der Waals surface area contributed by atoms with Crippen molar-refractivity contribution in [1.82, 2.24) is 29.3 Å². The highest BCUT2D eigenvalue weighted by Gasteiger charge is 2.30. The average Bonchev–Trinajstić information content (AvgIpc) is 3.42. The number of hydrogen-bond acceptors (Lipinski definition) is 5. The minimum absolute atomic E-state index is 0.226.